The molecule has 1 unspecified atom stereocenters. The summed E-state index contributed by atoms with van der Waals surface area (Å²) in [6, 6.07) is 20.5. The largest absolute Gasteiger partial charge is 0.454 e. The maximum atomic E-state index is 13.4. The van der Waals surface area contributed by atoms with Gasteiger partial charge in [-0.15, -0.1) is 0 Å². The van der Waals surface area contributed by atoms with Gasteiger partial charge in [-0.2, -0.15) is 0 Å². The zero-order valence-corrected chi connectivity index (χ0v) is 19.6. The second-order valence-corrected chi connectivity index (χ2v) is 9.31. The van der Waals surface area contributed by atoms with Crippen LogP contribution in [0.15, 0.2) is 76.7 Å². The molecule has 0 fully saturated rings. The predicted molar refractivity (Wildman–Crippen MR) is 132 cm³/mol. The van der Waals surface area contributed by atoms with Crippen LogP contribution in [0.25, 0.3) is 16.6 Å². The van der Waals surface area contributed by atoms with E-state index in [1.54, 1.807) is 10.6 Å². The molecule has 0 spiro atoms. The fourth-order valence-corrected chi connectivity index (χ4v) is 4.76. The topological polar surface area (TPSA) is 82.5 Å². The number of amides is 1. The first kappa shape index (κ1) is 22.0. The highest BCUT2D eigenvalue weighted by Gasteiger charge is 2.21. The molecule has 1 amide bonds. The van der Waals surface area contributed by atoms with E-state index in [1.807, 2.05) is 74.5 Å². The van der Waals surface area contributed by atoms with Gasteiger partial charge in [0.05, 0.1) is 21.8 Å². The Morgan fingerprint density at radius 1 is 1.09 bits per heavy atom. The standard InChI is InChI=1S/C26H23N3O4S/c1-16-7-3-6-10-21(16)29-25(31)19-8-4-5-9-20(19)28-26(29)34-17(2)24(30)27-14-18-11-12-22-23(13-18)33-15-32-22/h3-13,17H,14-15H2,1-2H3,(H,27,30). The summed E-state index contributed by atoms with van der Waals surface area (Å²) in [4.78, 5) is 31.1. The minimum absolute atomic E-state index is 0.151. The van der Waals surface area contributed by atoms with E-state index in [9.17, 15) is 9.59 Å². The van der Waals surface area contributed by atoms with Crippen molar-refractivity contribution in [3.8, 4) is 17.2 Å². The minimum Gasteiger partial charge on any atom is -0.454 e. The number of hydrogen-bond acceptors (Lipinski definition) is 6. The molecule has 1 aliphatic rings. The van der Waals surface area contributed by atoms with Gasteiger partial charge in [0.25, 0.3) is 5.56 Å². The molecule has 1 N–H and O–H groups in total. The molecular formula is C26H23N3O4S. The maximum Gasteiger partial charge on any atom is 0.266 e. The van der Waals surface area contributed by atoms with Crippen LogP contribution >= 0.6 is 11.8 Å². The molecule has 7 nitrogen and oxygen atoms in total. The summed E-state index contributed by atoms with van der Waals surface area (Å²) in [6.45, 7) is 4.33. The van der Waals surface area contributed by atoms with Crippen LogP contribution in [0.2, 0.25) is 0 Å². The number of rotatable bonds is 6. The minimum atomic E-state index is -0.475. The van der Waals surface area contributed by atoms with Crippen LogP contribution in [0.5, 0.6) is 11.5 Å². The lowest BCUT2D eigenvalue weighted by molar-refractivity contribution is -0.120. The van der Waals surface area contributed by atoms with E-state index in [0.29, 0.717) is 34.1 Å². The number of aryl methyl sites for hydroxylation is 1. The van der Waals surface area contributed by atoms with Crippen LogP contribution in [0.4, 0.5) is 0 Å². The molecule has 1 atom stereocenters. The van der Waals surface area contributed by atoms with Gasteiger partial charge in [-0.25, -0.2) is 4.98 Å². The first-order chi connectivity index (χ1) is 16.5. The second kappa shape index (κ2) is 9.23. The number of carbonyl (C=O) groups excluding carboxylic acids is 1. The Hall–Kier alpha value is -3.78. The number of benzene rings is 3. The van der Waals surface area contributed by atoms with Gasteiger partial charge in [0.15, 0.2) is 16.7 Å². The summed E-state index contributed by atoms with van der Waals surface area (Å²) in [5.74, 6) is 1.23. The summed E-state index contributed by atoms with van der Waals surface area (Å²) >= 11 is 1.26. The molecule has 0 bridgehead atoms. The van der Waals surface area contributed by atoms with Crippen LogP contribution in [-0.4, -0.2) is 27.5 Å². The number of aromatic nitrogens is 2. The lowest BCUT2D eigenvalue weighted by Crippen LogP contribution is -2.31. The molecule has 4 aromatic rings. The normalized spacial score (nSPS) is 13.1. The third-order valence-corrected chi connectivity index (χ3v) is 6.71. The Kier molecular flexibility index (Phi) is 5.98. The Balaban J connectivity index is 1.41. The molecule has 1 aliphatic heterocycles. The lowest BCUT2D eigenvalue weighted by atomic mass is 10.2. The zero-order chi connectivity index (χ0) is 23.7. The SMILES string of the molecule is Cc1ccccc1-n1c(SC(C)C(=O)NCc2ccc3c(c2)OCO3)nc2ccccc2c1=O. The van der Waals surface area contributed by atoms with Gasteiger partial charge in [0.1, 0.15) is 0 Å². The van der Waals surface area contributed by atoms with E-state index in [4.69, 9.17) is 14.5 Å². The fourth-order valence-electron chi connectivity index (χ4n) is 3.81. The quantitative estimate of drug-likeness (QED) is 0.334. The van der Waals surface area contributed by atoms with Crippen molar-refractivity contribution < 1.29 is 14.3 Å². The van der Waals surface area contributed by atoms with Crippen molar-refractivity contribution >= 4 is 28.6 Å². The van der Waals surface area contributed by atoms with Gasteiger partial charge in [0, 0.05) is 6.54 Å². The molecule has 2 heterocycles. The number of nitrogens with zero attached hydrogens (tertiary/aromatic N) is 2. The number of hydrogen-bond donors (Lipinski definition) is 1. The molecule has 34 heavy (non-hydrogen) atoms. The van der Waals surface area contributed by atoms with E-state index < -0.39 is 5.25 Å². The van der Waals surface area contributed by atoms with E-state index >= 15 is 0 Å². The lowest BCUT2D eigenvalue weighted by Gasteiger charge is -2.17. The predicted octanol–water partition coefficient (Wildman–Crippen LogP) is 4.22. The highest BCUT2D eigenvalue weighted by Crippen LogP contribution is 2.32. The van der Waals surface area contributed by atoms with Gasteiger partial charge < -0.3 is 14.8 Å². The zero-order valence-electron chi connectivity index (χ0n) is 18.8. The van der Waals surface area contributed by atoms with Crippen molar-refractivity contribution in [3.63, 3.8) is 0 Å². The highest BCUT2D eigenvalue weighted by molar-refractivity contribution is 8.00. The summed E-state index contributed by atoms with van der Waals surface area (Å²) < 4.78 is 12.3. The van der Waals surface area contributed by atoms with E-state index in [0.717, 1.165) is 16.8 Å². The molecule has 0 saturated heterocycles. The molecule has 172 valence electrons. The van der Waals surface area contributed by atoms with Gasteiger partial charge in [-0.1, -0.05) is 48.2 Å². The average Bonchev–Trinajstić information content (AvgIpc) is 3.31. The molecule has 5 rings (SSSR count). The van der Waals surface area contributed by atoms with Gasteiger partial charge in [-0.3, -0.25) is 14.2 Å². The Labute approximate surface area is 200 Å². The molecule has 3 aromatic carbocycles. The van der Waals surface area contributed by atoms with E-state index in [2.05, 4.69) is 5.32 Å². The maximum absolute atomic E-state index is 13.4. The average molecular weight is 474 g/mol. The summed E-state index contributed by atoms with van der Waals surface area (Å²) in [6.07, 6.45) is 0. The van der Waals surface area contributed by atoms with Crippen molar-refractivity contribution in [1.82, 2.24) is 14.9 Å². The number of nitrogens with one attached hydrogen (secondary N) is 1. The Bertz CT molecular complexity index is 1450. The summed E-state index contributed by atoms with van der Waals surface area (Å²) in [7, 11) is 0. The number of thioether (sulfide) groups is 1. The molecular weight excluding hydrogens is 450 g/mol. The molecule has 1 aromatic heterocycles. The number of para-hydroxylation sites is 2. The summed E-state index contributed by atoms with van der Waals surface area (Å²) in [5, 5.41) is 3.50. The van der Waals surface area contributed by atoms with Gasteiger partial charge in [0.2, 0.25) is 12.7 Å². The Morgan fingerprint density at radius 3 is 2.71 bits per heavy atom. The second-order valence-electron chi connectivity index (χ2n) is 8.00. The van der Waals surface area contributed by atoms with Crippen molar-refractivity contribution in [2.24, 2.45) is 0 Å². The van der Waals surface area contributed by atoms with Crippen molar-refractivity contribution in [2.75, 3.05) is 6.79 Å². The highest BCUT2D eigenvalue weighted by atomic mass is 32.2. The first-order valence-electron chi connectivity index (χ1n) is 10.9. The summed E-state index contributed by atoms with van der Waals surface area (Å²) in [5.41, 5.74) is 3.06. The monoisotopic (exact) mass is 473 g/mol. The first-order valence-corrected chi connectivity index (χ1v) is 11.8. The third-order valence-electron chi connectivity index (χ3n) is 5.66. The van der Waals surface area contributed by atoms with Crippen LogP contribution in [0.1, 0.15) is 18.1 Å². The van der Waals surface area contributed by atoms with Crippen molar-refractivity contribution in [2.45, 2.75) is 30.8 Å². The van der Waals surface area contributed by atoms with Gasteiger partial charge in [-0.05, 0) is 55.3 Å². The number of carbonyl (C=O) groups is 1. The third kappa shape index (κ3) is 4.24. The number of fused-ring (bicyclic) bond motifs is 2. The van der Waals surface area contributed by atoms with E-state index in [-0.39, 0.29) is 18.3 Å². The van der Waals surface area contributed by atoms with E-state index in [1.165, 1.54) is 11.8 Å². The Morgan fingerprint density at radius 2 is 1.85 bits per heavy atom. The van der Waals surface area contributed by atoms with Crippen LogP contribution < -0.4 is 20.3 Å². The molecule has 8 heteroatoms. The van der Waals surface area contributed by atoms with Gasteiger partial charge >= 0.3 is 0 Å². The van der Waals surface area contributed by atoms with Crippen LogP contribution in [0, 0.1) is 6.92 Å². The van der Waals surface area contributed by atoms with Crippen LogP contribution in [0.3, 0.4) is 0 Å². The van der Waals surface area contributed by atoms with Crippen molar-refractivity contribution in [3.05, 3.63) is 88.2 Å². The molecule has 0 saturated carbocycles. The van der Waals surface area contributed by atoms with Crippen molar-refractivity contribution in [1.29, 1.82) is 0 Å². The number of ether oxygens (including phenoxy) is 2. The smallest absolute Gasteiger partial charge is 0.266 e. The molecule has 0 radical (unpaired) electrons. The molecule has 0 aliphatic carbocycles. The fraction of sp³-hybridized carbons (Fsp3) is 0.192. The van der Waals surface area contributed by atoms with Crippen LogP contribution in [-0.2, 0) is 11.3 Å².